The van der Waals surface area contributed by atoms with Crippen LogP contribution in [0.25, 0.3) is 11.3 Å². The van der Waals surface area contributed by atoms with Crippen molar-refractivity contribution in [3.05, 3.63) is 42.2 Å². The van der Waals surface area contributed by atoms with Gasteiger partial charge in [0.2, 0.25) is 5.88 Å². The van der Waals surface area contributed by atoms with Gasteiger partial charge < -0.3 is 4.74 Å². The van der Waals surface area contributed by atoms with Crippen LogP contribution in [0.3, 0.4) is 0 Å². The van der Waals surface area contributed by atoms with Gasteiger partial charge in [0.15, 0.2) is 0 Å². The highest BCUT2D eigenvalue weighted by atomic mass is 16.5. The van der Waals surface area contributed by atoms with Crippen molar-refractivity contribution >= 4 is 0 Å². The van der Waals surface area contributed by atoms with E-state index in [4.69, 9.17) is 4.74 Å². The molecule has 2 aromatic rings. The number of ether oxygens (including phenoxy) is 1. The average molecular weight is 199 g/mol. The van der Waals surface area contributed by atoms with Gasteiger partial charge >= 0.3 is 0 Å². The summed E-state index contributed by atoms with van der Waals surface area (Å²) < 4.78 is 5.05. The van der Waals surface area contributed by atoms with E-state index in [9.17, 15) is 0 Å². The van der Waals surface area contributed by atoms with Crippen LogP contribution in [0.2, 0.25) is 0 Å². The maximum Gasteiger partial charge on any atom is 0.213 e. The molecule has 3 nitrogen and oxygen atoms in total. The second kappa shape index (κ2) is 4.09. The first kappa shape index (κ1) is 9.65. The highest BCUT2D eigenvalue weighted by molar-refractivity contribution is 5.57. The lowest BCUT2D eigenvalue weighted by Crippen LogP contribution is -1.90. The molecule has 0 aliphatic heterocycles. The Hall–Kier alpha value is -1.90. The van der Waals surface area contributed by atoms with E-state index in [0.29, 0.717) is 5.88 Å². The molecule has 0 saturated carbocycles. The van der Waals surface area contributed by atoms with Crippen LogP contribution < -0.4 is 4.74 Å². The van der Waals surface area contributed by atoms with Gasteiger partial charge in [-0.1, -0.05) is 0 Å². The maximum absolute atomic E-state index is 5.05. The van der Waals surface area contributed by atoms with Crippen molar-refractivity contribution in [3.8, 4) is 17.1 Å². The van der Waals surface area contributed by atoms with Crippen molar-refractivity contribution in [2.75, 3.05) is 7.11 Å². The maximum atomic E-state index is 5.05. The first-order chi connectivity index (χ1) is 7.29. The van der Waals surface area contributed by atoms with Crippen LogP contribution in [0.1, 0.15) is 5.69 Å². The van der Waals surface area contributed by atoms with Gasteiger partial charge in [-0.2, -0.15) is 0 Å². The van der Waals surface area contributed by atoms with Crippen molar-refractivity contribution in [2.45, 2.75) is 6.92 Å². The largest absolute Gasteiger partial charge is 0.481 e. The minimum atomic E-state index is 0.587. The van der Waals surface area contributed by atoms with Crippen molar-refractivity contribution < 1.29 is 4.74 Å². The van der Waals surface area contributed by atoms with Gasteiger partial charge in [-0.05, 0) is 25.1 Å². The molecule has 1 radical (unpaired) electrons. The van der Waals surface area contributed by atoms with E-state index in [-0.39, 0.29) is 0 Å². The van der Waals surface area contributed by atoms with E-state index in [1.807, 2.05) is 19.1 Å². The summed E-state index contributed by atoms with van der Waals surface area (Å²) in [6.45, 7) is 1.95. The fourth-order valence-electron chi connectivity index (χ4n) is 1.24. The molecule has 75 valence electrons. The van der Waals surface area contributed by atoms with Crippen LogP contribution in [0.5, 0.6) is 5.88 Å². The van der Waals surface area contributed by atoms with Gasteiger partial charge in [0.25, 0.3) is 0 Å². The lowest BCUT2D eigenvalue weighted by molar-refractivity contribution is 0.398. The van der Waals surface area contributed by atoms with E-state index < -0.39 is 0 Å². The van der Waals surface area contributed by atoms with Gasteiger partial charge in [0.1, 0.15) is 0 Å². The summed E-state index contributed by atoms with van der Waals surface area (Å²) in [7, 11) is 1.60. The highest BCUT2D eigenvalue weighted by Crippen LogP contribution is 2.18. The van der Waals surface area contributed by atoms with E-state index >= 15 is 0 Å². The van der Waals surface area contributed by atoms with Gasteiger partial charge in [0.05, 0.1) is 12.8 Å². The third kappa shape index (κ3) is 2.13. The molecule has 2 aromatic heterocycles. The molecule has 0 bridgehead atoms. The number of hydrogen-bond donors (Lipinski definition) is 0. The summed E-state index contributed by atoms with van der Waals surface area (Å²) in [4.78, 5) is 8.48. The molecule has 0 N–H and O–H groups in total. The molecule has 2 rings (SSSR count). The van der Waals surface area contributed by atoms with Crippen molar-refractivity contribution in [1.29, 1.82) is 0 Å². The van der Waals surface area contributed by atoms with Gasteiger partial charge in [0, 0.05) is 29.6 Å². The average Bonchev–Trinajstić information content (AvgIpc) is 2.30. The van der Waals surface area contributed by atoms with E-state index in [1.165, 1.54) is 0 Å². The van der Waals surface area contributed by atoms with Gasteiger partial charge in [-0.15, -0.1) is 0 Å². The first-order valence-electron chi connectivity index (χ1n) is 4.65. The van der Waals surface area contributed by atoms with Crippen molar-refractivity contribution in [3.63, 3.8) is 0 Å². The summed E-state index contributed by atoms with van der Waals surface area (Å²) >= 11 is 0. The standard InChI is InChI=1S/C12H11N2O/c1-9-6-7-10(8-13-9)11-4-3-5-12(14-11)15-2/h3,5-8H,1-2H3. The summed E-state index contributed by atoms with van der Waals surface area (Å²) in [5, 5.41) is 0. The van der Waals surface area contributed by atoms with Crippen LogP contribution in [-0.4, -0.2) is 17.1 Å². The number of hydrogen-bond acceptors (Lipinski definition) is 3. The van der Waals surface area contributed by atoms with Crippen molar-refractivity contribution in [1.82, 2.24) is 9.97 Å². The molecule has 0 atom stereocenters. The van der Waals surface area contributed by atoms with Crippen LogP contribution in [0.15, 0.2) is 30.5 Å². The second-order valence-corrected chi connectivity index (χ2v) is 3.17. The molecular formula is C12H11N2O. The Morgan fingerprint density at radius 3 is 2.80 bits per heavy atom. The summed E-state index contributed by atoms with van der Waals surface area (Å²) in [5.41, 5.74) is 2.68. The van der Waals surface area contributed by atoms with Crippen LogP contribution >= 0.6 is 0 Å². The molecule has 0 aliphatic rings. The SMILES string of the molecule is COc1cc[c]c(-c2ccc(C)nc2)n1. The fraction of sp³-hybridized carbons (Fsp3) is 0.167. The topological polar surface area (TPSA) is 35.0 Å². The zero-order chi connectivity index (χ0) is 10.7. The summed E-state index contributed by atoms with van der Waals surface area (Å²) in [6.07, 6.45) is 1.79. The van der Waals surface area contributed by atoms with Gasteiger partial charge in [-0.3, -0.25) is 4.98 Å². The minimum absolute atomic E-state index is 0.587. The van der Waals surface area contributed by atoms with Crippen LogP contribution in [-0.2, 0) is 0 Å². The Morgan fingerprint density at radius 1 is 1.27 bits per heavy atom. The minimum Gasteiger partial charge on any atom is -0.481 e. The predicted molar refractivity (Wildman–Crippen MR) is 57.6 cm³/mol. The lowest BCUT2D eigenvalue weighted by Gasteiger charge is -2.02. The first-order valence-corrected chi connectivity index (χ1v) is 4.65. The number of methoxy groups -OCH3 is 1. The Kier molecular flexibility index (Phi) is 2.63. The van der Waals surface area contributed by atoms with E-state index in [2.05, 4.69) is 16.0 Å². The molecule has 2 heterocycles. The molecule has 0 aliphatic carbocycles. The number of rotatable bonds is 2. The monoisotopic (exact) mass is 199 g/mol. The third-order valence-corrected chi connectivity index (χ3v) is 2.06. The molecule has 3 heteroatoms. The molecule has 0 amide bonds. The van der Waals surface area contributed by atoms with Crippen LogP contribution in [0, 0.1) is 13.0 Å². The molecule has 0 spiro atoms. The molecular weight excluding hydrogens is 188 g/mol. The van der Waals surface area contributed by atoms with Crippen LogP contribution in [0.4, 0.5) is 0 Å². The number of aromatic nitrogens is 2. The van der Waals surface area contributed by atoms with Gasteiger partial charge in [-0.25, -0.2) is 4.98 Å². The zero-order valence-electron chi connectivity index (χ0n) is 8.69. The predicted octanol–water partition coefficient (Wildman–Crippen LogP) is 2.26. The van der Waals surface area contributed by atoms with E-state index in [0.717, 1.165) is 17.0 Å². The highest BCUT2D eigenvalue weighted by Gasteiger charge is 2.01. The molecule has 0 fully saturated rings. The number of aryl methyl sites for hydroxylation is 1. The smallest absolute Gasteiger partial charge is 0.213 e. The number of pyridine rings is 2. The lowest BCUT2D eigenvalue weighted by atomic mass is 10.2. The normalized spacial score (nSPS) is 10.0. The molecule has 0 unspecified atom stereocenters. The summed E-state index contributed by atoms with van der Waals surface area (Å²) in [5.74, 6) is 0.587. The Bertz CT molecular complexity index is 451. The zero-order valence-corrected chi connectivity index (χ0v) is 8.69. The quantitative estimate of drug-likeness (QED) is 0.744. The van der Waals surface area contributed by atoms with Crippen molar-refractivity contribution in [2.24, 2.45) is 0 Å². The third-order valence-electron chi connectivity index (χ3n) is 2.06. The molecule has 0 saturated heterocycles. The fourth-order valence-corrected chi connectivity index (χ4v) is 1.24. The molecule has 15 heavy (non-hydrogen) atoms. The van der Waals surface area contributed by atoms with E-state index in [1.54, 1.807) is 25.4 Å². The summed E-state index contributed by atoms with van der Waals surface area (Å²) in [6, 6.07) is 10.5. The number of nitrogens with zero attached hydrogens (tertiary/aromatic N) is 2. The second-order valence-electron chi connectivity index (χ2n) is 3.17. The molecule has 0 aromatic carbocycles. The Balaban J connectivity index is 2.40. The Labute approximate surface area is 88.8 Å². The Morgan fingerprint density at radius 2 is 2.13 bits per heavy atom.